The Kier molecular flexibility index (Phi) is 2.70. The van der Waals surface area contributed by atoms with Crippen molar-refractivity contribution in [3.05, 3.63) is 64.5 Å². The predicted octanol–water partition coefficient (Wildman–Crippen LogP) is 3.18. The van der Waals surface area contributed by atoms with Gasteiger partial charge in [0.05, 0.1) is 10.9 Å². The molecule has 2 aliphatic heterocycles. The van der Waals surface area contributed by atoms with Crippen LogP contribution in [0.4, 0.5) is 0 Å². The van der Waals surface area contributed by atoms with Gasteiger partial charge < -0.3 is 19.2 Å². The molecular formula is C19H13NO4. The van der Waals surface area contributed by atoms with Gasteiger partial charge in [-0.3, -0.25) is 4.79 Å². The molecule has 0 saturated carbocycles. The van der Waals surface area contributed by atoms with Gasteiger partial charge in [-0.05, 0) is 23.6 Å². The highest BCUT2D eigenvalue weighted by Gasteiger charge is 2.22. The van der Waals surface area contributed by atoms with Crippen LogP contribution in [0, 0.1) is 0 Å². The molecular weight excluding hydrogens is 306 g/mol. The average molecular weight is 319 g/mol. The Labute approximate surface area is 136 Å². The number of nitrogens with one attached hydrogen (secondary N) is 1. The second-order valence-corrected chi connectivity index (χ2v) is 5.70. The summed E-state index contributed by atoms with van der Waals surface area (Å²) < 4.78 is 16.8. The smallest absolute Gasteiger partial charge is 0.231 e. The monoisotopic (exact) mass is 319 g/mol. The van der Waals surface area contributed by atoms with Gasteiger partial charge in [-0.15, -0.1) is 0 Å². The van der Waals surface area contributed by atoms with Crippen LogP contribution in [0.15, 0.2) is 58.0 Å². The van der Waals surface area contributed by atoms with Crippen molar-refractivity contribution in [2.45, 2.75) is 0 Å². The number of hydrogen-bond donors (Lipinski definition) is 1. The maximum atomic E-state index is 13.2. The van der Waals surface area contributed by atoms with Crippen LogP contribution in [0.5, 0.6) is 11.5 Å². The summed E-state index contributed by atoms with van der Waals surface area (Å²) >= 11 is 0. The Morgan fingerprint density at radius 1 is 1.04 bits per heavy atom. The lowest BCUT2D eigenvalue weighted by Crippen LogP contribution is -2.20. The van der Waals surface area contributed by atoms with E-state index in [9.17, 15) is 4.79 Å². The van der Waals surface area contributed by atoms with Crippen LogP contribution in [-0.2, 0) is 0 Å². The van der Waals surface area contributed by atoms with E-state index in [1.165, 1.54) is 6.26 Å². The summed E-state index contributed by atoms with van der Waals surface area (Å²) in [4.78, 5) is 13.2. The quantitative estimate of drug-likeness (QED) is 0.698. The number of allylic oxidation sites excluding steroid dienone is 2. The molecule has 0 radical (unpaired) electrons. The number of benzene rings is 2. The highest BCUT2D eigenvalue weighted by atomic mass is 16.7. The molecule has 5 heteroatoms. The Hall–Kier alpha value is -3.21. The van der Waals surface area contributed by atoms with E-state index >= 15 is 0 Å². The van der Waals surface area contributed by atoms with Gasteiger partial charge in [0.15, 0.2) is 11.5 Å². The predicted molar refractivity (Wildman–Crippen MR) is 91.2 cm³/mol. The van der Waals surface area contributed by atoms with E-state index in [0.29, 0.717) is 34.6 Å². The lowest BCUT2D eigenvalue weighted by atomic mass is 10.0. The Bertz CT molecular complexity index is 1110. The molecule has 0 amide bonds. The molecule has 0 bridgehead atoms. The normalized spacial score (nSPS) is 15.6. The first-order valence-corrected chi connectivity index (χ1v) is 7.71. The molecule has 2 aliphatic rings. The Balaban J connectivity index is 1.91. The number of dihydropyridines is 1. The highest BCUT2D eigenvalue weighted by Crippen LogP contribution is 2.41. The molecule has 0 saturated heterocycles. The van der Waals surface area contributed by atoms with Gasteiger partial charge in [0.1, 0.15) is 11.8 Å². The highest BCUT2D eigenvalue weighted by molar-refractivity contribution is 6.10. The molecule has 1 N–H and O–H groups in total. The van der Waals surface area contributed by atoms with E-state index in [-0.39, 0.29) is 12.2 Å². The lowest BCUT2D eigenvalue weighted by Gasteiger charge is -2.12. The molecule has 0 unspecified atom stereocenters. The van der Waals surface area contributed by atoms with Gasteiger partial charge in [-0.2, -0.15) is 0 Å². The van der Waals surface area contributed by atoms with Crippen molar-refractivity contribution in [2.75, 3.05) is 13.3 Å². The fraction of sp³-hybridized carbons (Fsp3) is 0.105. The summed E-state index contributed by atoms with van der Waals surface area (Å²) in [5.74, 6) is 1.26. The van der Waals surface area contributed by atoms with Crippen LogP contribution in [0.3, 0.4) is 0 Å². The molecule has 24 heavy (non-hydrogen) atoms. The van der Waals surface area contributed by atoms with Crippen LogP contribution in [0.25, 0.3) is 27.4 Å². The summed E-state index contributed by atoms with van der Waals surface area (Å²) in [5.41, 5.74) is 1.72. The van der Waals surface area contributed by atoms with Gasteiger partial charge in [-0.25, -0.2) is 0 Å². The molecule has 0 fully saturated rings. The van der Waals surface area contributed by atoms with Gasteiger partial charge in [-0.1, -0.05) is 24.3 Å². The topological polar surface area (TPSA) is 60.7 Å². The molecule has 3 heterocycles. The molecule has 1 aromatic heterocycles. The second kappa shape index (κ2) is 4.89. The van der Waals surface area contributed by atoms with E-state index in [4.69, 9.17) is 13.9 Å². The zero-order valence-electron chi connectivity index (χ0n) is 12.7. The molecule has 2 aromatic carbocycles. The molecule has 0 aliphatic carbocycles. The van der Waals surface area contributed by atoms with Crippen molar-refractivity contribution in [2.24, 2.45) is 0 Å². The third-order valence-electron chi connectivity index (χ3n) is 4.36. The Morgan fingerprint density at radius 3 is 2.83 bits per heavy atom. The number of hydrogen-bond acceptors (Lipinski definition) is 5. The number of ether oxygens (including phenoxy) is 2. The molecule has 5 nitrogen and oxygen atoms in total. The molecule has 0 atom stereocenters. The maximum absolute atomic E-state index is 13.2. The molecule has 118 valence electrons. The fourth-order valence-electron chi connectivity index (χ4n) is 3.22. The minimum atomic E-state index is -0.0835. The van der Waals surface area contributed by atoms with Crippen molar-refractivity contribution in [1.82, 2.24) is 5.32 Å². The minimum absolute atomic E-state index is 0.0835. The fourth-order valence-corrected chi connectivity index (χ4v) is 3.22. The first-order chi connectivity index (χ1) is 11.8. The summed E-state index contributed by atoms with van der Waals surface area (Å²) in [6.07, 6.45) is 7.29. The van der Waals surface area contributed by atoms with E-state index in [1.807, 2.05) is 42.5 Å². The summed E-state index contributed by atoms with van der Waals surface area (Å²) in [5, 5.41) is 5.38. The van der Waals surface area contributed by atoms with Gasteiger partial charge in [0.2, 0.25) is 12.2 Å². The molecule has 5 rings (SSSR count). The SMILES string of the molecule is O=c1c(C2=CC=CCN2)coc2ccc3ccc4c(c3c12)OCO4. The summed E-state index contributed by atoms with van der Waals surface area (Å²) in [7, 11) is 0. The number of rotatable bonds is 1. The zero-order valence-corrected chi connectivity index (χ0v) is 12.7. The third-order valence-corrected chi connectivity index (χ3v) is 4.36. The van der Waals surface area contributed by atoms with E-state index < -0.39 is 0 Å². The van der Waals surface area contributed by atoms with Crippen LogP contribution in [-0.4, -0.2) is 13.3 Å². The standard InChI is InChI=1S/C19H13NO4/c21-18-12(13-3-1-2-8-20-13)9-22-14-6-4-11-5-7-15-19(24-10-23-15)16(11)17(14)18/h1-7,9,20H,8,10H2. The summed E-state index contributed by atoms with van der Waals surface area (Å²) in [6.45, 7) is 0.846. The third kappa shape index (κ3) is 1.78. The van der Waals surface area contributed by atoms with Crippen molar-refractivity contribution in [3.63, 3.8) is 0 Å². The first kappa shape index (κ1) is 13.2. The molecule has 3 aromatic rings. The largest absolute Gasteiger partial charge is 0.463 e. The van der Waals surface area contributed by atoms with Crippen LogP contribution in [0.1, 0.15) is 5.56 Å². The minimum Gasteiger partial charge on any atom is -0.463 e. The zero-order chi connectivity index (χ0) is 16.1. The Morgan fingerprint density at radius 2 is 1.96 bits per heavy atom. The number of fused-ring (bicyclic) bond motifs is 5. The van der Waals surface area contributed by atoms with Crippen LogP contribution in [0.2, 0.25) is 0 Å². The second-order valence-electron chi connectivity index (χ2n) is 5.70. The van der Waals surface area contributed by atoms with Crippen molar-refractivity contribution >= 4 is 27.4 Å². The van der Waals surface area contributed by atoms with Crippen molar-refractivity contribution in [1.29, 1.82) is 0 Å². The average Bonchev–Trinajstić information content (AvgIpc) is 3.11. The maximum Gasteiger partial charge on any atom is 0.231 e. The van der Waals surface area contributed by atoms with Gasteiger partial charge in [0.25, 0.3) is 0 Å². The van der Waals surface area contributed by atoms with Crippen LogP contribution >= 0.6 is 0 Å². The van der Waals surface area contributed by atoms with Gasteiger partial charge in [0, 0.05) is 17.6 Å². The van der Waals surface area contributed by atoms with Crippen molar-refractivity contribution < 1.29 is 13.9 Å². The molecule has 0 spiro atoms. The van der Waals surface area contributed by atoms with E-state index in [2.05, 4.69) is 5.32 Å². The lowest BCUT2D eigenvalue weighted by molar-refractivity contribution is 0.175. The van der Waals surface area contributed by atoms with Gasteiger partial charge >= 0.3 is 0 Å². The van der Waals surface area contributed by atoms with Crippen LogP contribution < -0.4 is 20.2 Å². The van der Waals surface area contributed by atoms with E-state index in [1.54, 1.807) is 0 Å². The first-order valence-electron chi connectivity index (χ1n) is 7.71. The summed E-state index contributed by atoms with van der Waals surface area (Å²) in [6, 6.07) is 7.52. The van der Waals surface area contributed by atoms with E-state index in [0.717, 1.165) is 16.5 Å². The van der Waals surface area contributed by atoms with Crippen molar-refractivity contribution in [3.8, 4) is 11.5 Å².